The second-order valence-corrected chi connectivity index (χ2v) is 5.04. The molecule has 2 aromatic carbocycles. The Morgan fingerprint density at radius 2 is 1.81 bits per heavy atom. The van der Waals surface area contributed by atoms with Gasteiger partial charge in [-0.1, -0.05) is 42.5 Å². The molecule has 0 radical (unpaired) electrons. The van der Waals surface area contributed by atoms with Gasteiger partial charge in [-0.25, -0.2) is 4.98 Å². The first-order chi connectivity index (χ1) is 10.2. The summed E-state index contributed by atoms with van der Waals surface area (Å²) in [5.41, 5.74) is 1.84. The van der Waals surface area contributed by atoms with E-state index in [0.717, 1.165) is 5.52 Å². The first-order valence-electron chi connectivity index (χ1n) is 7.00. The van der Waals surface area contributed by atoms with Crippen LogP contribution in [0.1, 0.15) is 24.4 Å². The number of hydrogen-bond donors (Lipinski definition) is 2. The van der Waals surface area contributed by atoms with E-state index in [9.17, 15) is 4.79 Å². The molecule has 2 N–H and O–H groups in total. The van der Waals surface area contributed by atoms with Gasteiger partial charge in [0.2, 0.25) is 0 Å². The molecule has 106 valence electrons. The Morgan fingerprint density at radius 3 is 2.62 bits per heavy atom. The van der Waals surface area contributed by atoms with E-state index in [4.69, 9.17) is 0 Å². The van der Waals surface area contributed by atoms with Crippen LogP contribution in [0.5, 0.6) is 0 Å². The lowest BCUT2D eigenvalue weighted by Gasteiger charge is -2.13. The van der Waals surface area contributed by atoms with Crippen molar-refractivity contribution in [3.8, 4) is 0 Å². The number of rotatable bonds is 4. The highest BCUT2D eigenvalue weighted by Gasteiger charge is 2.06. The fourth-order valence-electron chi connectivity index (χ4n) is 2.33. The molecule has 21 heavy (non-hydrogen) atoms. The van der Waals surface area contributed by atoms with E-state index in [0.29, 0.717) is 17.8 Å². The maximum Gasteiger partial charge on any atom is 0.258 e. The summed E-state index contributed by atoms with van der Waals surface area (Å²) in [5, 5.41) is 4.00. The van der Waals surface area contributed by atoms with Crippen LogP contribution in [0.4, 0.5) is 0 Å². The quantitative estimate of drug-likeness (QED) is 0.772. The number of H-pyrrole nitrogens is 1. The van der Waals surface area contributed by atoms with Gasteiger partial charge in [-0.2, -0.15) is 0 Å². The van der Waals surface area contributed by atoms with Gasteiger partial charge in [0.25, 0.3) is 5.56 Å². The molecule has 0 fully saturated rings. The summed E-state index contributed by atoms with van der Waals surface area (Å²) >= 11 is 0. The van der Waals surface area contributed by atoms with Crippen molar-refractivity contribution >= 4 is 10.9 Å². The maximum atomic E-state index is 12.0. The molecule has 0 spiro atoms. The van der Waals surface area contributed by atoms with Crippen LogP contribution in [0.3, 0.4) is 0 Å². The fourth-order valence-corrected chi connectivity index (χ4v) is 2.33. The zero-order valence-electron chi connectivity index (χ0n) is 11.8. The summed E-state index contributed by atoms with van der Waals surface area (Å²) in [7, 11) is 0. The van der Waals surface area contributed by atoms with Gasteiger partial charge in [0, 0.05) is 6.04 Å². The number of hydrogen-bond acceptors (Lipinski definition) is 3. The Labute approximate surface area is 122 Å². The van der Waals surface area contributed by atoms with E-state index in [-0.39, 0.29) is 11.6 Å². The van der Waals surface area contributed by atoms with Crippen LogP contribution in [0.25, 0.3) is 10.9 Å². The normalized spacial score (nSPS) is 12.4. The topological polar surface area (TPSA) is 57.8 Å². The third-order valence-electron chi connectivity index (χ3n) is 3.54. The van der Waals surface area contributed by atoms with Crippen molar-refractivity contribution in [1.29, 1.82) is 0 Å². The average Bonchev–Trinajstić information content (AvgIpc) is 2.53. The summed E-state index contributed by atoms with van der Waals surface area (Å²) < 4.78 is 0. The molecule has 0 bridgehead atoms. The summed E-state index contributed by atoms with van der Waals surface area (Å²) in [5.74, 6) is 0.654. The lowest BCUT2D eigenvalue weighted by atomic mass is 10.1. The number of fused-ring (bicyclic) bond motifs is 1. The molecule has 0 saturated carbocycles. The molecule has 3 rings (SSSR count). The Bertz CT molecular complexity index is 796. The van der Waals surface area contributed by atoms with E-state index in [1.54, 1.807) is 6.07 Å². The predicted molar refractivity (Wildman–Crippen MR) is 84.1 cm³/mol. The molecular weight excluding hydrogens is 262 g/mol. The second kappa shape index (κ2) is 5.89. The minimum absolute atomic E-state index is 0.0928. The number of aromatic nitrogens is 2. The predicted octanol–water partition coefficient (Wildman–Crippen LogP) is 2.77. The van der Waals surface area contributed by atoms with E-state index in [1.165, 1.54) is 5.56 Å². The van der Waals surface area contributed by atoms with E-state index < -0.39 is 0 Å². The van der Waals surface area contributed by atoms with Crippen molar-refractivity contribution in [2.75, 3.05) is 0 Å². The number of nitrogens with one attached hydrogen (secondary N) is 2. The van der Waals surface area contributed by atoms with E-state index in [1.807, 2.05) is 36.4 Å². The van der Waals surface area contributed by atoms with Crippen molar-refractivity contribution in [2.45, 2.75) is 19.5 Å². The standard InChI is InChI=1S/C17H17N3O/c1-12(13-7-3-2-4-8-13)18-11-16-19-15-10-6-5-9-14(15)17(21)20-16/h2-10,12,18H,11H2,1H3,(H,19,20,21)/t12-/m0/s1. The molecule has 3 aromatic rings. The van der Waals surface area contributed by atoms with Crippen molar-refractivity contribution in [3.63, 3.8) is 0 Å². The van der Waals surface area contributed by atoms with Crippen LogP contribution in [0.15, 0.2) is 59.4 Å². The molecule has 1 aromatic heterocycles. The molecule has 0 saturated heterocycles. The van der Waals surface area contributed by atoms with Gasteiger partial charge in [-0.3, -0.25) is 4.79 Å². The second-order valence-electron chi connectivity index (χ2n) is 5.04. The zero-order valence-corrected chi connectivity index (χ0v) is 11.8. The van der Waals surface area contributed by atoms with Gasteiger partial charge in [-0.05, 0) is 24.6 Å². The number of nitrogens with zero attached hydrogens (tertiary/aromatic N) is 1. The molecule has 1 atom stereocenters. The van der Waals surface area contributed by atoms with Crippen LogP contribution in [0, 0.1) is 0 Å². The largest absolute Gasteiger partial charge is 0.309 e. The summed E-state index contributed by atoms with van der Waals surface area (Å²) in [6.07, 6.45) is 0. The third kappa shape index (κ3) is 3.01. The molecule has 4 heteroatoms. The lowest BCUT2D eigenvalue weighted by molar-refractivity contribution is 0.559. The van der Waals surface area contributed by atoms with E-state index >= 15 is 0 Å². The summed E-state index contributed by atoms with van der Waals surface area (Å²) in [6.45, 7) is 2.62. The summed E-state index contributed by atoms with van der Waals surface area (Å²) in [4.78, 5) is 19.3. The highest BCUT2D eigenvalue weighted by Crippen LogP contribution is 2.12. The molecule has 1 heterocycles. The van der Waals surface area contributed by atoms with Crippen LogP contribution in [-0.2, 0) is 6.54 Å². The van der Waals surface area contributed by atoms with E-state index in [2.05, 4.69) is 34.3 Å². The van der Waals surface area contributed by atoms with Gasteiger partial charge in [0.1, 0.15) is 5.82 Å². The highest BCUT2D eigenvalue weighted by molar-refractivity contribution is 5.77. The molecule has 4 nitrogen and oxygen atoms in total. The highest BCUT2D eigenvalue weighted by atomic mass is 16.1. The van der Waals surface area contributed by atoms with Crippen molar-refractivity contribution in [2.24, 2.45) is 0 Å². The molecule has 0 aliphatic rings. The van der Waals surface area contributed by atoms with Gasteiger partial charge < -0.3 is 10.3 Å². The van der Waals surface area contributed by atoms with Gasteiger partial charge >= 0.3 is 0 Å². The Kier molecular flexibility index (Phi) is 3.79. The first kappa shape index (κ1) is 13.5. The SMILES string of the molecule is C[C@H](NCc1nc2ccccc2c(=O)[nH]1)c1ccccc1. The summed E-state index contributed by atoms with van der Waals surface area (Å²) in [6, 6.07) is 17.8. The molecular formula is C17H17N3O. The number of aromatic amines is 1. The molecule has 0 unspecified atom stereocenters. The number of para-hydroxylation sites is 1. The van der Waals surface area contributed by atoms with Crippen LogP contribution in [0.2, 0.25) is 0 Å². The molecule has 0 aliphatic carbocycles. The van der Waals surface area contributed by atoms with Gasteiger partial charge in [-0.15, -0.1) is 0 Å². The Morgan fingerprint density at radius 1 is 1.10 bits per heavy atom. The molecule has 0 amide bonds. The monoisotopic (exact) mass is 279 g/mol. The Hall–Kier alpha value is -2.46. The lowest BCUT2D eigenvalue weighted by Crippen LogP contribution is -2.22. The van der Waals surface area contributed by atoms with Crippen LogP contribution in [-0.4, -0.2) is 9.97 Å². The minimum atomic E-state index is -0.0928. The van der Waals surface area contributed by atoms with Crippen molar-refractivity contribution in [1.82, 2.24) is 15.3 Å². The molecule has 0 aliphatic heterocycles. The fraction of sp³-hybridized carbons (Fsp3) is 0.176. The number of benzene rings is 2. The smallest absolute Gasteiger partial charge is 0.258 e. The minimum Gasteiger partial charge on any atom is -0.309 e. The first-order valence-corrected chi connectivity index (χ1v) is 7.00. The van der Waals surface area contributed by atoms with Crippen LogP contribution >= 0.6 is 0 Å². The maximum absolute atomic E-state index is 12.0. The van der Waals surface area contributed by atoms with Gasteiger partial charge in [0.05, 0.1) is 17.4 Å². The van der Waals surface area contributed by atoms with Crippen molar-refractivity contribution < 1.29 is 0 Å². The van der Waals surface area contributed by atoms with Crippen molar-refractivity contribution in [3.05, 3.63) is 76.3 Å². The van der Waals surface area contributed by atoms with Crippen LogP contribution < -0.4 is 10.9 Å². The third-order valence-corrected chi connectivity index (χ3v) is 3.54. The average molecular weight is 279 g/mol. The Balaban J connectivity index is 1.78. The zero-order chi connectivity index (χ0) is 14.7. The van der Waals surface area contributed by atoms with Gasteiger partial charge in [0.15, 0.2) is 0 Å².